The Morgan fingerprint density at radius 1 is 1.43 bits per heavy atom. The number of rotatable bonds is 9. The van der Waals surface area contributed by atoms with Crippen LogP contribution < -0.4 is 10.6 Å². The quantitative estimate of drug-likeness (QED) is 0.113. The summed E-state index contributed by atoms with van der Waals surface area (Å²) in [5.41, 5.74) is -2.44. The summed E-state index contributed by atoms with van der Waals surface area (Å²) in [6.07, 6.45) is 0.349. The van der Waals surface area contributed by atoms with Crippen molar-refractivity contribution in [1.29, 1.82) is 0 Å². The number of thiazole rings is 1. The average Bonchev–Trinajstić information content (AvgIpc) is 3.07. The molecule has 4 N–H and O–H groups in total. The number of carbonyl (C=O) groups is 4. The van der Waals surface area contributed by atoms with Gasteiger partial charge in [-0.3, -0.25) is 18.9 Å². The summed E-state index contributed by atoms with van der Waals surface area (Å²) in [6, 6.07) is -2.39. The lowest BCUT2D eigenvalue weighted by Crippen LogP contribution is -2.71. The van der Waals surface area contributed by atoms with Gasteiger partial charge in [-0.25, -0.2) is 14.1 Å². The number of amides is 3. The van der Waals surface area contributed by atoms with E-state index in [4.69, 9.17) is 14.5 Å². The zero-order chi connectivity index (χ0) is 22.9. The van der Waals surface area contributed by atoms with Crippen LogP contribution in [0.4, 0.5) is 5.13 Å². The summed E-state index contributed by atoms with van der Waals surface area (Å²) in [5, 5.41) is 18.6. The van der Waals surface area contributed by atoms with Crippen molar-refractivity contribution >= 4 is 56.7 Å². The van der Waals surface area contributed by atoms with Crippen molar-refractivity contribution in [3.63, 3.8) is 0 Å². The summed E-state index contributed by atoms with van der Waals surface area (Å²) in [5.74, 6) is -3.48. The standard InChI is InChI=1S/C14H17N5O9S2/c1-6-8(11(22)19(6)30(25,26)27)17-10(21)9(18-28-14(2,3)12(23)24)7-4-29-13(16-7)15-5-20/h4-6,8H,1-3H3,(H,17,21)(H,23,24)(H,15,16,20)(H,25,26,27)/t6-,8-/m0/s1. The van der Waals surface area contributed by atoms with E-state index in [0.717, 1.165) is 11.3 Å². The van der Waals surface area contributed by atoms with E-state index in [9.17, 15) is 27.6 Å². The minimum absolute atomic E-state index is 0.101. The summed E-state index contributed by atoms with van der Waals surface area (Å²) in [6.45, 7) is 3.63. The van der Waals surface area contributed by atoms with E-state index in [0.29, 0.717) is 6.41 Å². The van der Waals surface area contributed by atoms with Crippen molar-refractivity contribution in [2.24, 2.45) is 5.16 Å². The minimum Gasteiger partial charge on any atom is -0.478 e. The summed E-state index contributed by atoms with van der Waals surface area (Å²) in [4.78, 5) is 55.2. The van der Waals surface area contributed by atoms with Crippen molar-refractivity contribution in [2.45, 2.75) is 38.5 Å². The number of aliphatic carboxylic acids is 1. The zero-order valence-electron chi connectivity index (χ0n) is 15.7. The minimum atomic E-state index is -4.79. The smallest absolute Gasteiger partial charge is 0.362 e. The predicted molar refractivity (Wildman–Crippen MR) is 101 cm³/mol. The number of carbonyl (C=O) groups excluding carboxylic acids is 3. The van der Waals surface area contributed by atoms with Gasteiger partial charge < -0.3 is 20.6 Å². The summed E-state index contributed by atoms with van der Waals surface area (Å²) < 4.78 is 31.5. The highest BCUT2D eigenvalue weighted by molar-refractivity contribution is 7.84. The van der Waals surface area contributed by atoms with Gasteiger partial charge in [0.2, 0.25) is 12.0 Å². The maximum atomic E-state index is 12.7. The summed E-state index contributed by atoms with van der Waals surface area (Å²) in [7, 11) is -4.79. The molecule has 16 heteroatoms. The molecule has 1 aliphatic heterocycles. The van der Waals surface area contributed by atoms with Gasteiger partial charge in [-0.1, -0.05) is 5.16 Å². The number of anilines is 1. The van der Waals surface area contributed by atoms with Crippen LogP contribution in [-0.2, 0) is 34.3 Å². The van der Waals surface area contributed by atoms with Crippen LogP contribution >= 0.6 is 11.3 Å². The number of nitrogens with one attached hydrogen (secondary N) is 2. The lowest BCUT2D eigenvalue weighted by molar-refractivity contribution is -0.161. The molecule has 3 amide bonds. The molecule has 1 fully saturated rings. The zero-order valence-corrected chi connectivity index (χ0v) is 17.4. The fraction of sp³-hybridized carbons (Fsp3) is 0.429. The molecular formula is C14H17N5O9S2. The number of carboxylic acid groups (broad SMARTS) is 1. The maximum absolute atomic E-state index is 12.7. The van der Waals surface area contributed by atoms with Crippen molar-refractivity contribution in [3.8, 4) is 0 Å². The van der Waals surface area contributed by atoms with E-state index in [1.54, 1.807) is 0 Å². The largest absolute Gasteiger partial charge is 0.478 e. The van der Waals surface area contributed by atoms with Gasteiger partial charge in [0.05, 0.1) is 6.04 Å². The van der Waals surface area contributed by atoms with Crippen LogP contribution in [0.2, 0.25) is 0 Å². The topological polar surface area (TPSA) is 205 Å². The molecule has 0 aliphatic carbocycles. The molecule has 1 aliphatic rings. The predicted octanol–water partition coefficient (Wildman–Crippen LogP) is -1.19. The van der Waals surface area contributed by atoms with Gasteiger partial charge in [0.15, 0.2) is 10.8 Å². The number of nitrogens with zero attached hydrogens (tertiary/aromatic N) is 3. The molecule has 2 rings (SSSR count). The van der Waals surface area contributed by atoms with E-state index in [-0.39, 0.29) is 15.1 Å². The van der Waals surface area contributed by atoms with Crippen LogP contribution in [0.5, 0.6) is 0 Å². The molecule has 14 nitrogen and oxygen atoms in total. The Morgan fingerprint density at radius 3 is 2.57 bits per heavy atom. The molecule has 0 saturated carbocycles. The molecule has 0 radical (unpaired) electrons. The molecule has 0 unspecified atom stereocenters. The van der Waals surface area contributed by atoms with Crippen molar-refractivity contribution in [1.82, 2.24) is 14.6 Å². The second-order valence-corrected chi connectivity index (χ2v) is 8.60. The number of hydrogen-bond acceptors (Lipinski definition) is 10. The van der Waals surface area contributed by atoms with Gasteiger partial charge in [0, 0.05) is 5.38 Å². The number of carboxylic acids is 1. The molecule has 30 heavy (non-hydrogen) atoms. The van der Waals surface area contributed by atoms with Crippen LogP contribution in [0.3, 0.4) is 0 Å². The third-order valence-electron chi connectivity index (χ3n) is 3.90. The van der Waals surface area contributed by atoms with Gasteiger partial charge in [-0.2, -0.15) is 8.42 Å². The Balaban J connectivity index is 2.30. The van der Waals surface area contributed by atoms with E-state index < -0.39 is 51.5 Å². The lowest BCUT2D eigenvalue weighted by Gasteiger charge is -2.42. The molecule has 1 aromatic rings. The maximum Gasteiger partial charge on any atom is 0.362 e. The fourth-order valence-corrected chi connectivity index (χ4v) is 3.75. The molecule has 164 valence electrons. The van der Waals surface area contributed by atoms with Gasteiger partial charge in [0.1, 0.15) is 11.7 Å². The second-order valence-electron chi connectivity index (χ2n) is 6.45. The average molecular weight is 463 g/mol. The van der Waals surface area contributed by atoms with E-state index >= 15 is 0 Å². The highest BCUT2D eigenvalue weighted by Crippen LogP contribution is 2.23. The van der Waals surface area contributed by atoms with Crippen LogP contribution in [-0.4, -0.2) is 75.0 Å². The van der Waals surface area contributed by atoms with E-state index in [1.807, 2.05) is 0 Å². The highest BCUT2D eigenvalue weighted by atomic mass is 32.2. The third-order valence-corrected chi connectivity index (χ3v) is 5.68. The van der Waals surface area contributed by atoms with Crippen LogP contribution in [0.1, 0.15) is 26.5 Å². The number of β-lactam (4-membered cyclic amide) rings is 1. The molecule has 2 heterocycles. The van der Waals surface area contributed by atoms with Crippen molar-refractivity contribution in [3.05, 3.63) is 11.1 Å². The first-order chi connectivity index (χ1) is 13.8. The van der Waals surface area contributed by atoms with Crippen LogP contribution in [0.15, 0.2) is 10.5 Å². The van der Waals surface area contributed by atoms with Crippen LogP contribution in [0, 0.1) is 0 Å². The van der Waals surface area contributed by atoms with E-state index in [2.05, 4.69) is 20.8 Å². The first-order valence-electron chi connectivity index (χ1n) is 8.06. The Hall–Kier alpha value is -3.11. The van der Waals surface area contributed by atoms with Crippen molar-refractivity contribution in [2.75, 3.05) is 5.32 Å². The number of hydrogen-bond donors (Lipinski definition) is 4. The van der Waals surface area contributed by atoms with Crippen molar-refractivity contribution < 1.29 is 42.1 Å². The molecule has 2 atom stereocenters. The highest BCUT2D eigenvalue weighted by Gasteiger charge is 2.51. The van der Waals surface area contributed by atoms with Gasteiger partial charge in [0.25, 0.3) is 11.8 Å². The SMILES string of the molecule is C[C@H]1[C@H](NC(=O)C(=NOC(C)(C)C(=O)O)c2csc(NC=O)n2)C(=O)N1S(=O)(=O)O. The Kier molecular flexibility index (Phi) is 6.43. The van der Waals surface area contributed by atoms with Crippen LogP contribution in [0.25, 0.3) is 0 Å². The second kappa shape index (κ2) is 8.33. The monoisotopic (exact) mass is 463 g/mol. The first-order valence-corrected chi connectivity index (χ1v) is 10.3. The lowest BCUT2D eigenvalue weighted by atomic mass is 10.0. The number of aromatic nitrogens is 1. The van der Waals surface area contributed by atoms with Gasteiger partial charge in [-0.05, 0) is 20.8 Å². The molecule has 1 saturated heterocycles. The number of oxime groups is 1. The molecule has 0 aromatic carbocycles. The van der Waals surface area contributed by atoms with Gasteiger partial charge >= 0.3 is 16.3 Å². The fourth-order valence-electron chi connectivity index (χ4n) is 2.22. The Bertz CT molecular complexity index is 1020. The Morgan fingerprint density at radius 2 is 2.07 bits per heavy atom. The molecule has 0 bridgehead atoms. The normalized spacial score (nSPS) is 19.7. The first kappa shape index (κ1) is 23.2. The molecular weight excluding hydrogens is 446 g/mol. The van der Waals surface area contributed by atoms with Gasteiger partial charge in [-0.15, -0.1) is 11.3 Å². The summed E-state index contributed by atoms with van der Waals surface area (Å²) >= 11 is 0.929. The molecule has 0 spiro atoms. The third kappa shape index (κ3) is 4.71. The molecule has 1 aromatic heterocycles. The Labute approximate surface area is 173 Å². The van der Waals surface area contributed by atoms with E-state index in [1.165, 1.54) is 26.2 Å².